The Morgan fingerprint density at radius 3 is 2.62 bits per heavy atom. The molecule has 0 aliphatic heterocycles. The van der Waals surface area contributed by atoms with Crippen molar-refractivity contribution < 1.29 is 4.79 Å². The van der Waals surface area contributed by atoms with E-state index in [2.05, 4.69) is 27.7 Å². The van der Waals surface area contributed by atoms with Gasteiger partial charge in [-0.15, -0.1) is 0 Å². The third-order valence-electron chi connectivity index (χ3n) is 5.72. The molecular weight excluding hydrogens is 196 g/mol. The molecule has 0 saturated heterocycles. The molecule has 0 aromatic carbocycles. The molecule has 88 valence electrons. The molecular formula is C15H22O. The highest BCUT2D eigenvalue weighted by Gasteiger charge is 2.68. The number of carbonyl (C=O) groups is 1. The van der Waals surface area contributed by atoms with Gasteiger partial charge in [-0.05, 0) is 54.9 Å². The van der Waals surface area contributed by atoms with Crippen LogP contribution in [0.5, 0.6) is 0 Å². The van der Waals surface area contributed by atoms with E-state index < -0.39 is 0 Å². The van der Waals surface area contributed by atoms with Crippen molar-refractivity contribution in [1.82, 2.24) is 0 Å². The van der Waals surface area contributed by atoms with Gasteiger partial charge in [0, 0.05) is 5.92 Å². The van der Waals surface area contributed by atoms with E-state index in [1.54, 1.807) is 0 Å². The smallest absolute Gasteiger partial charge is 0.159 e. The van der Waals surface area contributed by atoms with Gasteiger partial charge in [0.15, 0.2) is 5.78 Å². The van der Waals surface area contributed by atoms with Crippen LogP contribution in [0.2, 0.25) is 0 Å². The molecule has 2 saturated carbocycles. The lowest BCUT2D eigenvalue weighted by Crippen LogP contribution is -2.66. The fraction of sp³-hybridized carbons (Fsp3) is 0.800. The van der Waals surface area contributed by atoms with Crippen LogP contribution in [0.1, 0.15) is 40.5 Å². The summed E-state index contributed by atoms with van der Waals surface area (Å²) >= 11 is 0. The van der Waals surface area contributed by atoms with Gasteiger partial charge >= 0.3 is 0 Å². The largest absolute Gasteiger partial charge is 0.295 e. The summed E-state index contributed by atoms with van der Waals surface area (Å²) in [5, 5.41) is 0. The second-order valence-electron chi connectivity index (χ2n) is 6.78. The van der Waals surface area contributed by atoms with Gasteiger partial charge < -0.3 is 0 Å². The Morgan fingerprint density at radius 1 is 1.38 bits per heavy atom. The summed E-state index contributed by atoms with van der Waals surface area (Å²) < 4.78 is 0. The van der Waals surface area contributed by atoms with Crippen LogP contribution in [-0.2, 0) is 4.79 Å². The van der Waals surface area contributed by atoms with Crippen molar-refractivity contribution in [1.29, 1.82) is 0 Å². The molecule has 0 unspecified atom stereocenters. The standard InChI is InChI=1S/C15H22O/c1-8(2)10-5-6-15(4)13-9(3)7-11(16)14(15)12(10)13/h7-8,10,12-14H,5-6H2,1-4H3/t10-,12+,13+,14-,15+/m0/s1. The Hall–Kier alpha value is -0.590. The molecule has 0 spiro atoms. The first kappa shape index (κ1) is 10.6. The van der Waals surface area contributed by atoms with Gasteiger partial charge in [0.05, 0.1) is 0 Å². The summed E-state index contributed by atoms with van der Waals surface area (Å²) in [7, 11) is 0. The number of hydrogen-bond donors (Lipinski definition) is 0. The van der Waals surface area contributed by atoms with Crippen LogP contribution in [0.25, 0.3) is 0 Å². The number of ketones is 1. The topological polar surface area (TPSA) is 17.1 Å². The van der Waals surface area contributed by atoms with Crippen molar-refractivity contribution in [2.24, 2.45) is 35.0 Å². The lowest BCUT2D eigenvalue weighted by atomic mass is 9.34. The van der Waals surface area contributed by atoms with E-state index in [0.29, 0.717) is 23.0 Å². The number of rotatable bonds is 1. The molecule has 0 N–H and O–H groups in total. The van der Waals surface area contributed by atoms with E-state index in [9.17, 15) is 4.79 Å². The Labute approximate surface area is 98.3 Å². The van der Waals surface area contributed by atoms with Crippen LogP contribution < -0.4 is 0 Å². The molecule has 1 heteroatoms. The highest BCUT2D eigenvalue weighted by atomic mass is 16.1. The Bertz CT molecular complexity index is 379. The summed E-state index contributed by atoms with van der Waals surface area (Å²) in [5.74, 6) is 3.70. The molecule has 4 aliphatic rings. The minimum absolute atomic E-state index is 0.325. The van der Waals surface area contributed by atoms with E-state index in [4.69, 9.17) is 0 Å². The lowest BCUT2D eigenvalue weighted by molar-refractivity contribution is -0.186. The second-order valence-corrected chi connectivity index (χ2v) is 6.78. The summed E-state index contributed by atoms with van der Waals surface area (Å²) in [5.41, 5.74) is 1.69. The minimum atomic E-state index is 0.325. The van der Waals surface area contributed by atoms with Gasteiger partial charge in [-0.1, -0.05) is 26.3 Å². The Kier molecular flexibility index (Phi) is 1.98. The summed E-state index contributed by atoms with van der Waals surface area (Å²) in [6.45, 7) is 9.17. The molecule has 5 atom stereocenters. The third-order valence-corrected chi connectivity index (χ3v) is 5.72. The maximum absolute atomic E-state index is 12.2. The molecule has 0 heterocycles. The van der Waals surface area contributed by atoms with Gasteiger partial charge in [0.1, 0.15) is 0 Å². The first-order valence-electron chi connectivity index (χ1n) is 6.69. The van der Waals surface area contributed by atoms with Crippen LogP contribution >= 0.6 is 0 Å². The molecule has 16 heavy (non-hydrogen) atoms. The molecule has 0 amide bonds. The van der Waals surface area contributed by atoms with Crippen molar-refractivity contribution in [3.63, 3.8) is 0 Å². The first-order valence-corrected chi connectivity index (χ1v) is 6.69. The monoisotopic (exact) mass is 218 g/mol. The predicted molar refractivity (Wildman–Crippen MR) is 64.9 cm³/mol. The Balaban J connectivity index is 2.02. The van der Waals surface area contributed by atoms with E-state index >= 15 is 0 Å². The van der Waals surface area contributed by atoms with Crippen LogP contribution in [0.15, 0.2) is 11.6 Å². The maximum Gasteiger partial charge on any atom is 0.159 e. The predicted octanol–water partition coefficient (Wildman–Crippen LogP) is 3.45. The number of hydrogen-bond acceptors (Lipinski definition) is 1. The molecule has 0 aromatic heterocycles. The van der Waals surface area contributed by atoms with E-state index in [-0.39, 0.29) is 0 Å². The van der Waals surface area contributed by atoms with E-state index in [1.165, 1.54) is 18.4 Å². The molecule has 0 radical (unpaired) electrons. The van der Waals surface area contributed by atoms with Gasteiger partial charge in [-0.2, -0.15) is 0 Å². The molecule has 1 nitrogen and oxygen atoms in total. The van der Waals surface area contributed by atoms with Crippen LogP contribution in [0, 0.1) is 35.0 Å². The van der Waals surface area contributed by atoms with Gasteiger partial charge in [-0.3, -0.25) is 4.79 Å². The van der Waals surface area contributed by atoms with Gasteiger partial charge in [0.2, 0.25) is 0 Å². The zero-order valence-electron chi connectivity index (χ0n) is 10.8. The molecule has 4 bridgehead atoms. The van der Waals surface area contributed by atoms with Crippen molar-refractivity contribution in [3.05, 3.63) is 11.6 Å². The van der Waals surface area contributed by atoms with Gasteiger partial charge in [-0.25, -0.2) is 0 Å². The van der Waals surface area contributed by atoms with Crippen molar-refractivity contribution >= 4 is 5.78 Å². The quantitative estimate of drug-likeness (QED) is 0.659. The number of carbonyl (C=O) groups excluding carboxylic acids is 1. The second kappa shape index (κ2) is 3.00. The Morgan fingerprint density at radius 2 is 2.06 bits per heavy atom. The van der Waals surface area contributed by atoms with Crippen molar-refractivity contribution in [2.75, 3.05) is 0 Å². The lowest BCUT2D eigenvalue weighted by Gasteiger charge is -2.69. The normalized spacial score (nSPS) is 50.1. The van der Waals surface area contributed by atoms with Crippen molar-refractivity contribution in [2.45, 2.75) is 40.5 Å². The average Bonchev–Trinajstić information content (AvgIpc) is 2.15. The highest BCUT2D eigenvalue weighted by molar-refractivity contribution is 5.96. The van der Waals surface area contributed by atoms with Crippen LogP contribution in [-0.4, -0.2) is 5.78 Å². The summed E-state index contributed by atoms with van der Waals surface area (Å²) in [6.07, 6.45) is 4.53. The van der Waals surface area contributed by atoms with E-state index in [1.807, 2.05) is 6.08 Å². The fourth-order valence-electron chi connectivity index (χ4n) is 5.14. The average molecular weight is 218 g/mol. The maximum atomic E-state index is 12.2. The first-order chi connectivity index (χ1) is 7.47. The number of allylic oxidation sites excluding steroid dienone is 2. The fourth-order valence-corrected chi connectivity index (χ4v) is 5.14. The minimum Gasteiger partial charge on any atom is -0.295 e. The molecule has 4 rings (SSSR count). The zero-order valence-corrected chi connectivity index (χ0v) is 10.8. The summed E-state index contributed by atoms with van der Waals surface area (Å²) in [4.78, 5) is 12.2. The molecule has 0 aromatic rings. The summed E-state index contributed by atoms with van der Waals surface area (Å²) in [6, 6.07) is 0. The SMILES string of the molecule is CC1=CC(=O)[C@H]2[C@H]3[C@@H]1[C@@]2(C)CC[C@H]3C(C)C. The highest BCUT2D eigenvalue weighted by Crippen LogP contribution is 2.70. The molecule has 2 fully saturated rings. The zero-order chi connectivity index (χ0) is 11.7. The molecule has 4 aliphatic carbocycles. The van der Waals surface area contributed by atoms with Crippen molar-refractivity contribution in [3.8, 4) is 0 Å². The van der Waals surface area contributed by atoms with E-state index in [0.717, 1.165) is 17.8 Å². The van der Waals surface area contributed by atoms with Crippen LogP contribution in [0.3, 0.4) is 0 Å². The number of fused-ring (bicyclic) bond motifs is 1. The van der Waals surface area contributed by atoms with Gasteiger partial charge in [0.25, 0.3) is 0 Å². The third kappa shape index (κ3) is 1.00. The van der Waals surface area contributed by atoms with Crippen LogP contribution in [0.4, 0.5) is 0 Å².